The molecule has 9 nitrogen and oxygen atoms in total. The average molecular weight is 524 g/mol. The van der Waals surface area contributed by atoms with Gasteiger partial charge in [0.25, 0.3) is 5.91 Å². The predicted molar refractivity (Wildman–Crippen MR) is 145 cm³/mol. The van der Waals surface area contributed by atoms with Crippen LogP contribution in [0.1, 0.15) is 60.7 Å². The summed E-state index contributed by atoms with van der Waals surface area (Å²) in [7, 11) is -3.67. The number of aliphatic hydroxyl groups is 1. The molecule has 0 radical (unpaired) electrons. The van der Waals surface area contributed by atoms with E-state index in [1.165, 1.54) is 25.7 Å². The highest BCUT2D eigenvalue weighted by Crippen LogP contribution is 2.54. The second-order valence-electron chi connectivity index (χ2n) is 10.8. The molecular formula is C27H33N5O4S. The van der Waals surface area contributed by atoms with Crippen LogP contribution in [0.25, 0.3) is 11.0 Å². The number of amides is 1. The third-order valence-corrected chi connectivity index (χ3v) is 9.30. The minimum Gasteiger partial charge on any atom is -0.395 e. The van der Waals surface area contributed by atoms with Crippen LogP contribution >= 0.6 is 0 Å². The highest BCUT2D eigenvalue weighted by molar-refractivity contribution is 7.92. The molecule has 6 rings (SSSR count). The number of carbonyl (C=O) groups excluding carboxylic acids is 1. The number of rotatable bonds is 8. The molecule has 1 aliphatic heterocycles. The lowest BCUT2D eigenvalue weighted by Crippen LogP contribution is -2.35. The second-order valence-corrected chi connectivity index (χ2v) is 12.6. The van der Waals surface area contributed by atoms with Crippen LogP contribution in [0.2, 0.25) is 0 Å². The number of carbonyl (C=O) groups is 1. The maximum absolute atomic E-state index is 13.5. The van der Waals surface area contributed by atoms with Gasteiger partial charge in [-0.3, -0.25) is 9.52 Å². The third-order valence-electron chi connectivity index (χ3n) is 8.03. The first kappa shape index (κ1) is 24.2. The van der Waals surface area contributed by atoms with Crippen molar-refractivity contribution in [3.05, 3.63) is 47.8 Å². The zero-order valence-electron chi connectivity index (χ0n) is 21.0. The van der Waals surface area contributed by atoms with Crippen molar-refractivity contribution in [3.8, 4) is 0 Å². The quantitative estimate of drug-likeness (QED) is 0.410. The Morgan fingerprint density at radius 1 is 1.08 bits per heavy atom. The third kappa shape index (κ3) is 4.92. The molecule has 3 aromatic rings. The Morgan fingerprint density at radius 2 is 1.81 bits per heavy atom. The van der Waals surface area contributed by atoms with Gasteiger partial charge in [-0.25, -0.2) is 13.4 Å². The molecule has 196 valence electrons. The molecule has 1 spiro atoms. The van der Waals surface area contributed by atoms with Gasteiger partial charge in [-0.15, -0.1) is 0 Å². The molecule has 0 atom stereocenters. The number of sulfonamides is 1. The van der Waals surface area contributed by atoms with E-state index in [2.05, 4.69) is 19.5 Å². The Balaban J connectivity index is 1.28. The zero-order valence-corrected chi connectivity index (χ0v) is 21.9. The van der Waals surface area contributed by atoms with E-state index in [4.69, 9.17) is 10.1 Å². The van der Waals surface area contributed by atoms with Gasteiger partial charge >= 0.3 is 0 Å². The van der Waals surface area contributed by atoms with E-state index in [1.54, 1.807) is 18.2 Å². The van der Waals surface area contributed by atoms with Crippen molar-refractivity contribution in [1.82, 2.24) is 9.55 Å². The van der Waals surface area contributed by atoms with Crippen LogP contribution in [0.3, 0.4) is 0 Å². The number of anilines is 3. The van der Waals surface area contributed by atoms with E-state index >= 15 is 0 Å². The molecule has 37 heavy (non-hydrogen) atoms. The number of nitrogens with zero attached hydrogens (tertiary/aromatic N) is 3. The first-order valence-corrected chi connectivity index (χ1v) is 14.7. The Labute approximate surface area is 216 Å². The zero-order chi connectivity index (χ0) is 25.8. The standard InChI is InChI=1S/C27H33N5O4S/c1-18-28-23-16-19(3-7-24(23)32(18)21-4-5-21)29-26(34)22-6-2-20(30-37(35,36)15-14-33)17-25(22)31-12-10-27(8-9-27)11-13-31/h2-3,6-7,16-17,21,30,33H,4-5,8-15H2,1H3,(H,29,34). The fraction of sp³-hybridized carbons (Fsp3) is 0.481. The van der Waals surface area contributed by atoms with Crippen molar-refractivity contribution in [2.24, 2.45) is 5.41 Å². The van der Waals surface area contributed by atoms with Crippen LogP contribution in [0.15, 0.2) is 36.4 Å². The molecule has 0 unspecified atom stereocenters. The molecule has 2 saturated carbocycles. The Bertz CT molecular complexity index is 1460. The number of hydrogen-bond donors (Lipinski definition) is 3. The first-order valence-electron chi connectivity index (χ1n) is 13.1. The topological polar surface area (TPSA) is 117 Å². The summed E-state index contributed by atoms with van der Waals surface area (Å²) in [5.41, 5.74) is 4.68. The molecule has 2 aromatic carbocycles. The van der Waals surface area contributed by atoms with E-state index in [9.17, 15) is 13.2 Å². The summed E-state index contributed by atoms with van der Waals surface area (Å²) in [5.74, 6) is 0.361. The lowest BCUT2D eigenvalue weighted by atomic mass is 9.93. The van der Waals surface area contributed by atoms with E-state index in [0.717, 1.165) is 42.8 Å². The van der Waals surface area contributed by atoms with Gasteiger partial charge in [0, 0.05) is 24.8 Å². The van der Waals surface area contributed by atoms with Crippen LogP contribution in [-0.2, 0) is 10.0 Å². The molecular weight excluding hydrogens is 490 g/mol. The molecule has 0 bridgehead atoms. The van der Waals surface area contributed by atoms with Gasteiger partial charge in [-0.05, 0) is 87.3 Å². The average Bonchev–Trinajstić information content (AvgIpc) is 3.79. The van der Waals surface area contributed by atoms with Crippen molar-refractivity contribution in [2.75, 3.05) is 40.4 Å². The van der Waals surface area contributed by atoms with Gasteiger partial charge < -0.3 is 19.9 Å². The molecule has 2 heterocycles. The molecule has 2 aliphatic carbocycles. The lowest BCUT2D eigenvalue weighted by Gasteiger charge is -2.35. The van der Waals surface area contributed by atoms with Crippen LogP contribution in [0, 0.1) is 12.3 Å². The fourth-order valence-corrected chi connectivity index (χ4v) is 6.42. The van der Waals surface area contributed by atoms with Crippen LogP contribution < -0.4 is 14.9 Å². The summed E-state index contributed by atoms with van der Waals surface area (Å²) in [6.45, 7) is 3.22. The minimum absolute atomic E-state index is 0.246. The SMILES string of the molecule is Cc1nc2cc(NC(=O)c3ccc(NS(=O)(=O)CCO)cc3N3CCC4(CC3)CC4)ccc2n1C1CC1. The van der Waals surface area contributed by atoms with Crippen LogP contribution in [0.5, 0.6) is 0 Å². The molecule has 10 heteroatoms. The number of hydrogen-bond acceptors (Lipinski definition) is 6. The number of aromatic nitrogens is 2. The normalized spacial score (nSPS) is 18.8. The maximum atomic E-state index is 13.5. The maximum Gasteiger partial charge on any atom is 0.257 e. The monoisotopic (exact) mass is 523 g/mol. The lowest BCUT2D eigenvalue weighted by molar-refractivity contribution is 0.102. The number of nitrogens with one attached hydrogen (secondary N) is 2. The van der Waals surface area contributed by atoms with Crippen molar-refractivity contribution in [3.63, 3.8) is 0 Å². The number of aliphatic hydroxyl groups excluding tert-OH is 1. The van der Waals surface area contributed by atoms with Crippen LogP contribution in [0.4, 0.5) is 17.1 Å². The van der Waals surface area contributed by atoms with E-state index in [0.29, 0.717) is 34.1 Å². The summed E-state index contributed by atoms with van der Waals surface area (Å²) in [6, 6.07) is 11.4. The van der Waals surface area contributed by atoms with Crippen molar-refractivity contribution >= 4 is 44.0 Å². The molecule has 3 fully saturated rings. The highest BCUT2D eigenvalue weighted by Gasteiger charge is 2.44. The molecule has 1 saturated heterocycles. The summed E-state index contributed by atoms with van der Waals surface area (Å²) in [5, 5.41) is 12.1. The Kier molecular flexibility index (Phi) is 5.91. The fourth-order valence-electron chi connectivity index (χ4n) is 5.59. The minimum atomic E-state index is -3.67. The largest absolute Gasteiger partial charge is 0.395 e. The van der Waals surface area contributed by atoms with Gasteiger partial charge in [-0.1, -0.05) is 0 Å². The Hall–Kier alpha value is -3.11. The van der Waals surface area contributed by atoms with E-state index in [-0.39, 0.29) is 11.7 Å². The van der Waals surface area contributed by atoms with E-state index in [1.807, 2.05) is 25.1 Å². The summed E-state index contributed by atoms with van der Waals surface area (Å²) >= 11 is 0. The number of piperidine rings is 1. The Morgan fingerprint density at radius 3 is 2.49 bits per heavy atom. The summed E-state index contributed by atoms with van der Waals surface area (Å²) in [4.78, 5) is 20.4. The van der Waals surface area contributed by atoms with Crippen molar-refractivity contribution in [2.45, 2.75) is 51.5 Å². The summed E-state index contributed by atoms with van der Waals surface area (Å²) < 4.78 is 29.3. The van der Waals surface area contributed by atoms with Gasteiger partial charge in [0.2, 0.25) is 10.0 Å². The number of imidazole rings is 1. The van der Waals surface area contributed by atoms with Gasteiger partial charge in [0.15, 0.2) is 0 Å². The first-order chi connectivity index (χ1) is 17.8. The predicted octanol–water partition coefficient (Wildman–Crippen LogP) is 4.05. The second kappa shape index (κ2) is 9.02. The van der Waals surface area contributed by atoms with E-state index < -0.39 is 16.6 Å². The van der Waals surface area contributed by atoms with Gasteiger partial charge in [0.1, 0.15) is 5.82 Å². The van der Waals surface area contributed by atoms with Crippen LogP contribution in [-0.4, -0.2) is 54.4 Å². The molecule has 1 aromatic heterocycles. The smallest absolute Gasteiger partial charge is 0.257 e. The number of fused-ring (bicyclic) bond motifs is 1. The van der Waals surface area contributed by atoms with Gasteiger partial charge in [-0.2, -0.15) is 0 Å². The van der Waals surface area contributed by atoms with Crippen molar-refractivity contribution in [1.29, 1.82) is 0 Å². The molecule has 1 amide bonds. The number of aryl methyl sites for hydroxylation is 1. The van der Waals surface area contributed by atoms with Crippen molar-refractivity contribution < 1.29 is 18.3 Å². The summed E-state index contributed by atoms with van der Waals surface area (Å²) in [6.07, 6.45) is 7.05. The molecule has 3 N–H and O–H groups in total. The van der Waals surface area contributed by atoms with Gasteiger partial charge in [0.05, 0.1) is 40.3 Å². The molecule has 3 aliphatic rings. The number of benzene rings is 2. The highest BCUT2D eigenvalue weighted by atomic mass is 32.2.